The molecule has 0 saturated carbocycles. The third kappa shape index (κ3) is 5.98. The molecule has 0 spiro atoms. The molecule has 2 aromatic carbocycles. The van der Waals surface area contributed by atoms with E-state index in [0.29, 0.717) is 17.7 Å². The fraction of sp³-hybridized carbons (Fsp3) is 0.227. The van der Waals surface area contributed by atoms with Gasteiger partial charge in [-0.1, -0.05) is 43.3 Å². The van der Waals surface area contributed by atoms with Crippen molar-refractivity contribution in [1.82, 2.24) is 5.32 Å². The van der Waals surface area contributed by atoms with Gasteiger partial charge in [-0.2, -0.15) is 26.3 Å². The van der Waals surface area contributed by atoms with Gasteiger partial charge >= 0.3 is 12.4 Å². The molecule has 2 rings (SSSR count). The summed E-state index contributed by atoms with van der Waals surface area (Å²) in [5, 5.41) is 2.78. The molecule has 2 nitrogen and oxygen atoms in total. The van der Waals surface area contributed by atoms with Gasteiger partial charge in [0.25, 0.3) is 0 Å². The first kappa shape index (κ1) is 23.3. The van der Waals surface area contributed by atoms with E-state index in [1.807, 2.05) is 0 Å². The number of allylic oxidation sites excluding steroid dienone is 2. The molecule has 0 heterocycles. The molecule has 8 heteroatoms. The number of hydrogen-bond donors (Lipinski definition) is 1. The quantitative estimate of drug-likeness (QED) is 0.411. The number of alkyl halides is 6. The van der Waals surface area contributed by atoms with Gasteiger partial charge in [-0.25, -0.2) is 0 Å². The molecule has 1 N–H and O–H groups in total. The highest BCUT2D eigenvalue weighted by molar-refractivity contribution is 5.99. The van der Waals surface area contributed by atoms with Crippen LogP contribution in [0.3, 0.4) is 0 Å². The summed E-state index contributed by atoms with van der Waals surface area (Å²) in [7, 11) is 0. The Hall–Kier alpha value is -3.03. The zero-order valence-corrected chi connectivity index (χ0v) is 16.2. The van der Waals surface area contributed by atoms with Crippen LogP contribution in [0.5, 0.6) is 0 Å². The van der Waals surface area contributed by atoms with Gasteiger partial charge in [-0.05, 0) is 41.8 Å². The molecule has 0 aliphatic carbocycles. The highest BCUT2D eigenvalue weighted by Crippen LogP contribution is 2.33. The predicted octanol–water partition coefficient (Wildman–Crippen LogP) is 6.69. The van der Waals surface area contributed by atoms with E-state index >= 15 is 0 Å². The fourth-order valence-electron chi connectivity index (χ4n) is 2.69. The lowest BCUT2D eigenvalue weighted by atomic mass is 10.0. The molecule has 2 aromatic rings. The molecule has 0 atom stereocenters. The van der Waals surface area contributed by atoms with Crippen LogP contribution in [0.1, 0.15) is 42.5 Å². The molecule has 0 radical (unpaired) electrons. The van der Waals surface area contributed by atoms with Crippen molar-refractivity contribution in [3.63, 3.8) is 0 Å². The van der Waals surface area contributed by atoms with Crippen molar-refractivity contribution < 1.29 is 31.1 Å². The number of carbonyl (C=O) groups excluding carboxylic acids is 1. The maximum atomic E-state index is 13.2. The fourth-order valence-corrected chi connectivity index (χ4v) is 2.69. The average molecular weight is 427 g/mol. The minimum Gasteiger partial charge on any atom is -0.352 e. The summed E-state index contributed by atoms with van der Waals surface area (Å²) in [6, 6.07) is 9.06. The van der Waals surface area contributed by atoms with Crippen molar-refractivity contribution in [1.29, 1.82) is 0 Å². The van der Waals surface area contributed by atoms with Crippen molar-refractivity contribution in [3.8, 4) is 0 Å². The molecule has 0 amide bonds. The third-order valence-electron chi connectivity index (χ3n) is 4.15. The Morgan fingerprint density at radius 1 is 0.933 bits per heavy atom. The Morgan fingerprint density at radius 2 is 1.53 bits per heavy atom. The second-order valence-electron chi connectivity index (χ2n) is 6.43. The molecule has 0 unspecified atom stereocenters. The highest BCUT2D eigenvalue weighted by atomic mass is 19.4. The van der Waals surface area contributed by atoms with Crippen LogP contribution in [-0.4, -0.2) is 5.78 Å². The molecule has 160 valence electrons. The predicted molar refractivity (Wildman–Crippen MR) is 103 cm³/mol. The third-order valence-corrected chi connectivity index (χ3v) is 4.15. The topological polar surface area (TPSA) is 29.1 Å². The van der Waals surface area contributed by atoms with E-state index in [4.69, 9.17) is 0 Å². The van der Waals surface area contributed by atoms with Crippen LogP contribution in [0.4, 0.5) is 26.3 Å². The lowest BCUT2D eigenvalue weighted by Crippen LogP contribution is -2.18. The number of Topliss-reactive ketones (excluding diaryl/α,β-unsaturated/α-hetero) is 1. The maximum absolute atomic E-state index is 13.2. The zero-order chi connectivity index (χ0) is 22.5. The van der Waals surface area contributed by atoms with Crippen LogP contribution in [-0.2, 0) is 17.1 Å². The van der Waals surface area contributed by atoms with Gasteiger partial charge < -0.3 is 5.32 Å². The molecule has 0 fully saturated rings. The van der Waals surface area contributed by atoms with Gasteiger partial charge in [-0.3, -0.25) is 4.79 Å². The van der Waals surface area contributed by atoms with Gasteiger partial charge in [0.15, 0.2) is 5.78 Å². The molecule has 0 saturated heterocycles. The van der Waals surface area contributed by atoms with Crippen LogP contribution in [0, 0.1) is 0 Å². The lowest BCUT2D eigenvalue weighted by Gasteiger charge is -2.16. The second-order valence-corrected chi connectivity index (χ2v) is 6.43. The molecule has 0 aliphatic heterocycles. The highest BCUT2D eigenvalue weighted by Gasteiger charge is 2.33. The smallest absolute Gasteiger partial charge is 0.352 e. The largest absolute Gasteiger partial charge is 0.416 e. The van der Waals surface area contributed by atoms with Crippen LogP contribution in [0.15, 0.2) is 60.3 Å². The van der Waals surface area contributed by atoms with E-state index in [2.05, 4.69) is 5.32 Å². The first-order valence-corrected chi connectivity index (χ1v) is 8.97. The summed E-state index contributed by atoms with van der Waals surface area (Å²) in [5.74, 6) is -0.527. The van der Waals surface area contributed by atoms with Gasteiger partial charge in [0.2, 0.25) is 0 Å². The van der Waals surface area contributed by atoms with E-state index in [1.54, 1.807) is 13.0 Å². The van der Waals surface area contributed by atoms with Crippen LogP contribution >= 0.6 is 0 Å². The number of benzene rings is 2. The Labute approximate surface area is 169 Å². The summed E-state index contributed by atoms with van der Waals surface area (Å²) in [5.41, 5.74) is -1.37. The van der Waals surface area contributed by atoms with Crippen molar-refractivity contribution in [3.05, 3.63) is 82.6 Å². The molecular weight excluding hydrogens is 408 g/mol. The van der Waals surface area contributed by atoms with Gasteiger partial charge in [0.1, 0.15) is 0 Å². The normalized spacial score (nSPS) is 13.3. The number of nitrogens with one attached hydrogen (secondary N) is 1. The zero-order valence-electron chi connectivity index (χ0n) is 16.2. The Morgan fingerprint density at radius 3 is 2.03 bits per heavy atom. The Kier molecular flexibility index (Phi) is 7.12. The van der Waals surface area contributed by atoms with Crippen molar-refractivity contribution in [2.45, 2.75) is 32.6 Å². The van der Waals surface area contributed by atoms with Crippen LogP contribution in [0.2, 0.25) is 0 Å². The first-order valence-electron chi connectivity index (χ1n) is 8.97. The van der Waals surface area contributed by atoms with Gasteiger partial charge in [0, 0.05) is 12.6 Å². The van der Waals surface area contributed by atoms with Crippen LogP contribution < -0.4 is 5.32 Å². The second kappa shape index (κ2) is 9.19. The molecular formula is C22H19F6NO. The van der Waals surface area contributed by atoms with E-state index in [9.17, 15) is 31.1 Å². The van der Waals surface area contributed by atoms with Gasteiger partial charge in [-0.15, -0.1) is 0 Å². The van der Waals surface area contributed by atoms with E-state index in [-0.39, 0.29) is 11.3 Å². The minimum absolute atomic E-state index is 0.119. The van der Waals surface area contributed by atoms with E-state index in [0.717, 1.165) is 24.3 Å². The van der Waals surface area contributed by atoms with Crippen LogP contribution in [0.25, 0.3) is 11.8 Å². The molecule has 0 aromatic heterocycles. The Bertz CT molecular complexity index is 953. The average Bonchev–Trinajstić information content (AvgIpc) is 2.66. The molecule has 0 bridgehead atoms. The monoisotopic (exact) mass is 427 g/mol. The number of ketones is 1. The number of rotatable bonds is 6. The molecule has 30 heavy (non-hydrogen) atoms. The standard InChI is InChI=1S/C22H19F6NO/c1-3-6-19(15-9-11-17(12-10-15)21(23,24)25)29-20(14(2)30)13-16-7-4-5-8-18(16)22(26,27)28/h4-13,29H,3H2,1-2H3/b19-6+,20-13+. The minimum atomic E-state index is -4.61. The van der Waals surface area contributed by atoms with Crippen molar-refractivity contribution in [2.75, 3.05) is 0 Å². The summed E-state index contributed by atoms with van der Waals surface area (Å²) in [6.07, 6.45) is -5.90. The number of halogens is 6. The van der Waals surface area contributed by atoms with Crippen molar-refractivity contribution in [2.24, 2.45) is 0 Å². The maximum Gasteiger partial charge on any atom is 0.416 e. The Balaban J connectivity index is 2.45. The molecule has 0 aliphatic rings. The van der Waals surface area contributed by atoms with Gasteiger partial charge in [0.05, 0.1) is 16.8 Å². The summed E-state index contributed by atoms with van der Waals surface area (Å²) >= 11 is 0. The first-order chi connectivity index (χ1) is 13.9. The van der Waals surface area contributed by atoms with Crippen molar-refractivity contribution >= 4 is 17.6 Å². The number of hydrogen-bond acceptors (Lipinski definition) is 2. The van der Waals surface area contributed by atoms with E-state index < -0.39 is 29.3 Å². The SMILES string of the molecule is CC/C=C(/N/C(=C/c1ccccc1C(F)(F)F)C(C)=O)c1ccc(C(F)(F)F)cc1. The summed E-state index contributed by atoms with van der Waals surface area (Å²) < 4.78 is 78.1. The lowest BCUT2D eigenvalue weighted by molar-refractivity contribution is -0.138. The summed E-state index contributed by atoms with van der Waals surface area (Å²) in [4.78, 5) is 12.1. The number of carbonyl (C=O) groups is 1. The van der Waals surface area contributed by atoms with E-state index in [1.165, 1.54) is 37.3 Å². The summed E-state index contributed by atoms with van der Waals surface area (Å²) in [6.45, 7) is 2.97.